The average molecular weight is 479 g/mol. The second-order valence-electron chi connectivity index (χ2n) is 8.40. The molecule has 0 aromatic carbocycles. The molecule has 0 aliphatic carbocycles. The molecule has 0 spiro atoms. The lowest BCUT2D eigenvalue weighted by molar-refractivity contribution is 0.0940. The number of thiophene rings is 1. The Hall–Kier alpha value is -2.15. The normalized spacial score (nSPS) is 18.9. The van der Waals surface area contributed by atoms with Crippen LogP contribution in [0.2, 0.25) is 0 Å². The van der Waals surface area contributed by atoms with Crippen LogP contribution in [0.1, 0.15) is 40.6 Å². The molecule has 3 aromatic rings. The molecule has 2 aliphatic rings. The molecule has 2 aliphatic heterocycles. The van der Waals surface area contributed by atoms with Crippen molar-refractivity contribution in [2.75, 3.05) is 12.0 Å². The first-order valence-electron chi connectivity index (χ1n) is 10.7. The highest BCUT2D eigenvalue weighted by Gasteiger charge is 2.28. The summed E-state index contributed by atoms with van der Waals surface area (Å²) in [6.07, 6.45) is 10.2. The first-order chi connectivity index (χ1) is 15.4. The lowest BCUT2D eigenvalue weighted by Crippen LogP contribution is -2.19. The Kier molecular flexibility index (Phi) is 5.64. The fourth-order valence-electron chi connectivity index (χ4n) is 4.74. The number of carbonyl (C=O) groups is 1. The molecule has 3 nitrogen and oxygen atoms in total. The second kappa shape index (κ2) is 8.32. The Morgan fingerprint density at radius 3 is 2.78 bits per heavy atom. The molecule has 0 N–H and O–H groups in total. The van der Waals surface area contributed by atoms with Crippen LogP contribution < -0.4 is 0 Å². The van der Waals surface area contributed by atoms with Crippen LogP contribution in [0.3, 0.4) is 0 Å². The van der Waals surface area contributed by atoms with Crippen molar-refractivity contribution in [1.29, 1.82) is 0 Å². The predicted octanol–water partition coefficient (Wildman–Crippen LogP) is 7.59. The van der Waals surface area contributed by atoms with Crippen molar-refractivity contribution >= 4 is 68.7 Å². The van der Waals surface area contributed by atoms with Gasteiger partial charge in [-0.2, -0.15) is 0 Å². The van der Waals surface area contributed by atoms with Crippen molar-refractivity contribution < 1.29 is 4.79 Å². The number of rotatable bonds is 3. The minimum Gasteiger partial charge on any atom is -0.335 e. The van der Waals surface area contributed by atoms with Gasteiger partial charge in [0.05, 0.1) is 39.6 Å². The summed E-state index contributed by atoms with van der Waals surface area (Å²) in [7, 11) is 0. The van der Waals surface area contributed by atoms with Gasteiger partial charge in [-0.05, 0) is 55.0 Å². The lowest BCUT2D eigenvalue weighted by atomic mass is 9.90. The van der Waals surface area contributed by atoms with Crippen molar-refractivity contribution in [1.82, 2.24) is 9.13 Å². The van der Waals surface area contributed by atoms with E-state index in [0.29, 0.717) is 11.7 Å². The molecule has 2 bridgehead atoms. The Morgan fingerprint density at radius 2 is 2.06 bits per heavy atom. The molecule has 0 amide bonds. The van der Waals surface area contributed by atoms with E-state index in [1.54, 1.807) is 29.6 Å². The van der Waals surface area contributed by atoms with Crippen LogP contribution in [0.5, 0.6) is 0 Å². The molecule has 0 atom stereocenters. The second-order valence-corrected chi connectivity index (χ2v) is 11.6. The molecule has 0 unspecified atom stereocenters. The average Bonchev–Trinajstić information content (AvgIpc) is 3.40. The molecule has 6 heteroatoms. The molecule has 0 saturated carbocycles. The fraction of sp³-hybridized carbons (Fsp3) is 0.269. The smallest absolute Gasteiger partial charge is 0.241 e. The van der Waals surface area contributed by atoms with Gasteiger partial charge in [0.2, 0.25) is 5.91 Å². The number of carbonyl (C=O) groups excluding carboxylic acids is 1. The van der Waals surface area contributed by atoms with Gasteiger partial charge in [0.15, 0.2) is 0 Å². The van der Waals surface area contributed by atoms with Crippen LogP contribution in [-0.4, -0.2) is 27.1 Å². The summed E-state index contributed by atoms with van der Waals surface area (Å²) in [6, 6.07) is 6.71. The van der Waals surface area contributed by atoms with Crippen LogP contribution in [-0.2, 0) is 6.54 Å². The van der Waals surface area contributed by atoms with Crippen LogP contribution in [0.15, 0.2) is 52.3 Å². The zero-order chi connectivity index (χ0) is 22.6. The molecular formula is C26H26N2OS3. The van der Waals surface area contributed by atoms with Gasteiger partial charge in [-0.1, -0.05) is 32.6 Å². The number of hydrogen-bond donors (Lipinski definition) is 0. The third kappa shape index (κ3) is 3.40. The first kappa shape index (κ1) is 21.7. The van der Waals surface area contributed by atoms with Crippen molar-refractivity contribution in [3.63, 3.8) is 0 Å². The molecule has 32 heavy (non-hydrogen) atoms. The minimum absolute atomic E-state index is 0.0960. The van der Waals surface area contributed by atoms with E-state index in [1.807, 2.05) is 22.2 Å². The Balaban J connectivity index is 1.72. The van der Waals surface area contributed by atoms with E-state index >= 15 is 0 Å². The highest BCUT2D eigenvalue weighted by Crippen LogP contribution is 2.44. The van der Waals surface area contributed by atoms with Crippen LogP contribution in [0.4, 0.5) is 0 Å². The molecule has 0 radical (unpaired) electrons. The number of thioether (sulfide) groups is 2. The summed E-state index contributed by atoms with van der Waals surface area (Å²) in [6.45, 7) is 11.5. The number of nitrogens with zero attached hydrogens (tertiary/aromatic N) is 2. The van der Waals surface area contributed by atoms with Crippen molar-refractivity contribution in [3.8, 4) is 0 Å². The number of aromatic nitrogens is 2. The molecule has 5 heterocycles. The summed E-state index contributed by atoms with van der Waals surface area (Å²) >= 11 is 5.19. The quantitative estimate of drug-likeness (QED) is 0.363. The van der Waals surface area contributed by atoms with Crippen molar-refractivity contribution in [2.24, 2.45) is 5.92 Å². The van der Waals surface area contributed by atoms with Crippen LogP contribution in [0.25, 0.3) is 27.9 Å². The van der Waals surface area contributed by atoms with E-state index in [1.165, 1.54) is 36.8 Å². The zero-order valence-corrected chi connectivity index (χ0v) is 21.2. The van der Waals surface area contributed by atoms with E-state index in [4.69, 9.17) is 0 Å². The predicted molar refractivity (Wildman–Crippen MR) is 143 cm³/mol. The van der Waals surface area contributed by atoms with Gasteiger partial charge in [0.1, 0.15) is 0 Å². The minimum atomic E-state index is 0.0960. The maximum absolute atomic E-state index is 13.4. The summed E-state index contributed by atoms with van der Waals surface area (Å²) in [5.41, 5.74) is 7.00. The summed E-state index contributed by atoms with van der Waals surface area (Å²) < 4.78 is 5.59. The van der Waals surface area contributed by atoms with Gasteiger partial charge in [-0.25, -0.2) is 0 Å². The Morgan fingerprint density at radius 1 is 1.25 bits per heavy atom. The number of aryl methyl sites for hydroxylation is 1. The largest absolute Gasteiger partial charge is 0.335 e. The van der Waals surface area contributed by atoms with E-state index in [9.17, 15) is 4.79 Å². The van der Waals surface area contributed by atoms with Gasteiger partial charge in [0.25, 0.3) is 0 Å². The molecule has 3 aromatic heterocycles. The summed E-state index contributed by atoms with van der Waals surface area (Å²) in [5.74, 6) is 0.881. The monoisotopic (exact) mass is 478 g/mol. The number of hydrogen-bond acceptors (Lipinski definition) is 4. The number of allylic oxidation sites excluding steroid dienone is 5. The third-order valence-electron chi connectivity index (χ3n) is 6.05. The van der Waals surface area contributed by atoms with Crippen LogP contribution in [0, 0.1) is 12.8 Å². The highest BCUT2D eigenvalue weighted by molar-refractivity contribution is 8.03. The first-order valence-corrected chi connectivity index (χ1v) is 13.8. The summed E-state index contributed by atoms with van der Waals surface area (Å²) in [5, 5.41) is 0. The van der Waals surface area contributed by atoms with Gasteiger partial charge in [-0.15, -0.1) is 34.9 Å². The van der Waals surface area contributed by atoms with Crippen molar-refractivity contribution in [3.05, 3.63) is 69.4 Å². The maximum atomic E-state index is 13.4. The molecule has 0 fully saturated rings. The number of fused-ring (bicyclic) bond motifs is 6. The maximum Gasteiger partial charge on any atom is 0.241 e. The highest BCUT2D eigenvalue weighted by atomic mass is 32.2. The van der Waals surface area contributed by atoms with Gasteiger partial charge < -0.3 is 4.57 Å². The standard InChI is InChI=1S/C26H26N2OS3/c1-6-19-22(30-5)11-17-8-7-9-18-20-12-23-21(10-16(4)32-23)27(20)13-24(26(18)15(2)3)31-14-25(29)28(17)19/h6-12,15H,1,13-14H2,2-5H3/b8-7+,18-9-. The van der Waals surface area contributed by atoms with Gasteiger partial charge in [0, 0.05) is 20.3 Å². The van der Waals surface area contributed by atoms with Crippen molar-refractivity contribution in [2.45, 2.75) is 32.2 Å². The molecular weight excluding hydrogens is 453 g/mol. The molecule has 5 rings (SSSR count). The lowest BCUT2D eigenvalue weighted by Gasteiger charge is -2.28. The molecule has 0 saturated heterocycles. The third-order valence-corrected chi connectivity index (χ3v) is 8.89. The Labute approximate surface area is 201 Å². The van der Waals surface area contributed by atoms with Gasteiger partial charge >= 0.3 is 0 Å². The van der Waals surface area contributed by atoms with Crippen LogP contribution >= 0.6 is 34.9 Å². The zero-order valence-electron chi connectivity index (χ0n) is 18.8. The molecule has 164 valence electrons. The van der Waals surface area contributed by atoms with Gasteiger partial charge in [-0.3, -0.25) is 9.36 Å². The Bertz CT molecular complexity index is 1360. The summed E-state index contributed by atoms with van der Waals surface area (Å²) in [4.78, 5) is 17.1. The van der Waals surface area contributed by atoms with E-state index in [-0.39, 0.29) is 5.91 Å². The fourth-order valence-corrected chi connectivity index (χ4v) is 7.47. The van der Waals surface area contributed by atoms with E-state index in [2.05, 4.69) is 68.3 Å². The SMILES string of the molecule is C=Cc1c(SC)cc2n1C(=O)CSC1=C(C(C)C)/C(=C\C=C\2)c2cc3sc(C)cc3n2C1. The van der Waals surface area contributed by atoms with E-state index in [0.717, 1.165) is 22.8 Å². The van der Waals surface area contributed by atoms with E-state index < -0.39 is 0 Å². The topological polar surface area (TPSA) is 26.9 Å².